The van der Waals surface area contributed by atoms with Crippen LogP contribution in [0, 0.1) is 5.82 Å². The van der Waals surface area contributed by atoms with Crippen LogP contribution < -0.4 is 5.32 Å². The molecule has 0 radical (unpaired) electrons. The van der Waals surface area contributed by atoms with Crippen LogP contribution in [0.3, 0.4) is 0 Å². The van der Waals surface area contributed by atoms with Gasteiger partial charge < -0.3 is 5.32 Å². The molecule has 2 aromatic carbocycles. The van der Waals surface area contributed by atoms with Crippen LogP contribution in [0.1, 0.15) is 28.4 Å². The van der Waals surface area contributed by atoms with Gasteiger partial charge >= 0.3 is 0 Å². The number of halogens is 2. The highest BCUT2D eigenvalue weighted by Gasteiger charge is 2.14. The summed E-state index contributed by atoms with van der Waals surface area (Å²) < 4.78 is 15.6. The summed E-state index contributed by atoms with van der Waals surface area (Å²) in [5, 5.41) is 7.04. The van der Waals surface area contributed by atoms with Gasteiger partial charge in [-0.3, -0.25) is 4.79 Å². The van der Waals surface area contributed by atoms with Gasteiger partial charge in [0.15, 0.2) is 0 Å². The van der Waals surface area contributed by atoms with Crippen LogP contribution in [0.2, 0.25) is 0 Å². The minimum absolute atomic E-state index is 0.236. The molecule has 1 heterocycles. The first kappa shape index (κ1) is 17.4. The molecule has 3 rings (SSSR count). The molecule has 0 aliphatic heterocycles. The Kier molecular flexibility index (Phi) is 5.28. The lowest BCUT2D eigenvalue weighted by Gasteiger charge is -2.10. The second-order valence-electron chi connectivity index (χ2n) is 5.62. The third-order valence-electron chi connectivity index (χ3n) is 3.89. The minimum Gasteiger partial charge on any atom is -0.307 e. The molecule has 128 valence electrons. The van der Waals surface area contributed by atoms with Crippen LogP contribution in [-0.4, -0.2) is 15.7 Å². The molecule has 0 aliphatic carbocycles. The summed E-state index contributed by atoms with van der Waals surface area (Å²) >= 11 is 3.27. The summed E-state index contributed by atoms with van der Waals surface area (Å²) in [5.41, 5.74) is 2.59. The van der Waals surface area contributed by atoms with Crippen LogP contribution in [0.4, 0.5) is 10.2 Å². The van der Waals surface area contributed by atoms with Crippen LogP contribution in [-0.2, 0) is 13.0 Å². The maximum Gasteiger partial charge on any atom is 0.258 e. The van der Waals surface area contributed by atoms with Gasteiger partial charge in [-0.05, 0) is 51.7 Å². The number of rotatable bonds is 5. The van der Waals surface area contributed by atoms with Gasteiger partial charge in [0.25, 0.3) is 5.91 Å². The lowest BCUT2D eigenvalue weighted by Crippen LogP contribution is -2.17. The molecule has 0 fully saturated rings. The molecule has 0 spiro atoms. The van der Waals surface area contributed by atoms with E-state index in [1.54, 1.807) is 16.9 Å². The topological polar surface area (TPSA) is 46.9 Å². The molecule has 6 heteroatoms. The summed E-state index contributed by atoms with van der Waals surface area (Å²) in [6, 6.07) is 14.0. The number of anilines is 1. The van der Waals surface area contributed by atoms with Crippen molar-refractivity contribution in [1.29, 1.82) is 0 Å². The highest BCUT2D eigenvalue weighted by Crippen LogP contribution is 2.20. The van der Waals surface area contributed by atoms with Gasteiger partial charge in [-0.15, -0.1) is 0 Å². The van der Waals surface area contributed by atoms with Crippen LogP contribution in [0.15, 0.2) is 59.2 Å². The van der Waals surface area contributed by atoms with Crippen molar-refractivity contribution in [2.45, 2.75) is 19.9 Å². The number of carbonyl (C=O) groups is 1. The molecule has 0 saturated heterocycles. The fourth-order valence-corrected chi connectivity index (χ4v) is 2.90. The Labute approximate surface area is 153 Å². The number of amides is 1. The molecule has 1 amide bonds. The molecule has 1 aromatic heterocycles. The Morgan fingerprint density at radius 2 is 1.88 bits per heavy atom. The fourth-order valence-electron chi connectivity index (χ4n) is 2.47. The second-order valence-corrected chi connectivity index (χ2v) is 6.48. The van der Waals surface area contributed by atoms with Gasteiger partial charge in [0.05, 0.1) is 18.3 Å². The number of hydrogen-bond donors (Lipinski definition) is 1. The number of benzene rings is 2. The first-order valence-corrected chi connectivity index (χ1v) is 8.72. The molecule has 25 heavy (non-hydrogen) atoms. The molecular formula is C19H17BrFN3O. The Bertz CT molecular complexity index is 890. The third-order valence-corrected chi connectivity index (χ3v) is 4.59. The zero-order chi connectivity index (χ0) is 17.8. The molecule has 1 N–H and O–H groups in total. The van der Waals surface area contributed by atoms with E-state index < -0.39 is 11.7 Å². The van der Waals surface area contributed by atoms with E-state index in [9.17, 15) is 9.18 Å². The van der Waals surface area contributed by atoms with Crippen LogP contribution >= 0.6 is 15.9 Å². The monoisotopic (exact) mass is 401 g/mol. The van der Waals surface area contributed by atoms with E-state index in [1.165, 1.54) is 23.8 Å². The summed E-state index contributed by atoms with van der Waals surface area (Å²) in [7, 11) is 0. The molecule has 4 nitrogen and oxygen atoms in total. The fraction of sp³-hybridized carbons (Fsp3) is 0.158. The number of aromatic nitrogens is 2. The van der Waals surface area contributed by atoms with Crippen molar-refractivity contribution in [1.82, 2.24) is 9.78 Å². The van der Waals surface area contributed by atoms with E-state index in [4.69, 9.17) is 0 Å². The van der Waals surface area contributed by atoms with Crippen molar-refractivity contribution in [3.63, 3.8) is 0 Å². The van der Waals surface area contributed by atoms with Crippen LogP contribution in [0.5, 0.6) is 0 Å². The number of nitrogens with one attached hydrogen (secondary N) is 1. The summed E-state index contributed by atoms with van der Waals surface area (Å²) in [5.74, 6) is -0.298. The average Bonchev–Trinajstić information content (AvgIpc) is 3.04. The standard InChI is InChI=1S/C19H17BrFN3O/c1-2-13-3-5-14(6-4-13)12-24-18(9-10-22-24)23-19(25)16-11-15(21)7-8-17(16)20/h3-11H,2,12H2,1H3,(H,23,25). The van der Waals surface area contributed by atoms with E-state index in [2.05, 4.69) is 57.5 Å². The van der Waals surface area contributed by atoms with Gasteiger partial charge in [0.2, 0.25) is 0 Å². The van der Waals surface area contributed by atoms with E-state index in [0.717, 1.165) is 12.0 Å². The summed E-state index contributed by atoms with van der Waals surface area (Å²) in [4.78, 5) is 12.4. The number of aryl methyl sites for hydroxylation is 1. The first-order valence-electron chi connectivity index (χ1n) is 7.93. The highest BCUT2D eigenvalue weighted by molar-refractivity contribution is 9.10. The van der Waals surface area contributed by atoms with Crippen molar-refractivity contribution < 1.29 is 9.18 Å². The van der Waals surface area contributed by atoms with Gasteiger partial charge in [-0.2, -0.15) is 5.10 Å². The number of hydrogen-bond acceptors (Lipinski definition) is 2. The molecule has 0 aliphatic rings. The van der Waals surface area contributed by atoms with Gasteiger partial charge in [-0.1, -0.05) is 31.2 Å². The Hall–Kier alpha value is -2.47. The lowest BCUT2D eigenvalue weighted by atomic mass is 10.1. The van der Waals surface area contributed by atoms with Gasteiger partial charge in [0.1, 0.15) is 11.6 Å². The number of carbonyl (C=O) groups excluding carboxylic acids is 1. The molecule has 0 atom stereocenters. The summed E-state index contributed by atoms with van der Waals surface area (Å²) in [6.45, 7) is 2.65. The van der Waals surface area contributed by atoms with Crippen molar-refractivity contribution in [2.24, 2.45) is 0 Å². The minimum atomic E-state index is -0.460. The Morgan fingerprint density at radius 3 is 2.60 bits per heavy atom. The average molecular weight is 402 g/mol. The summed E-state index contributed by atoms with van der Waals surface area (Å²) in [6.07, 6.45) is 2.61. The van der Waals surface area contributed by atoms with Crippen molar-refractivity contribution in [2.75, 3.05) is 5.32 Å². The number of nitrogens with zero attached hydrogens (tertiary/aromatic N) is 2. The van der Waals surface area contributed by atoms with Gasteiger partial charge in [-0.25, -0.2) is 9.07 Å². The predicted molar refractivity (Wildman–Crippen MR) is 99.2 cm³/mol. The maximum atomic E-state index is 13.4. The van der Waals surface area contributed by atoms with E-state index in [1.807, 2.05) is 0 Å². The molecular weight excluding hydrogens is 385 g/mol. The Morgan fingerprint density at radius 1 is 1.16 bits per heavy atom. The molecule has 0 bridgehead atoms. The zero-order valence-electron chi connectivity index (χ0n) is 13.7. The normalized spacial score (nSPS) is 10.7. The van der Waals surface area contributed by atoms with Crippen molar-refractivity contribution in [3.05, 3.63) is 81.7 Å². The largest absolute Gasteiger partial charge is 0.307 e. The molecule has 0 unspecified atom stereocenters. The van der Waals surface area contributed by atoms with E-state index >= 15 is 0 Å². The highest BCUT2D eigenvalue weighted by atomic mass is 79.9. The first-order chi connectivity index (χ1) is 12.1. The van der Waals surface area contributed by atoms with Crippen molar-refractivity contribution in [3.8, 4) is 0 Å². The van der Waals surface area contributed by atoms with Crippen molar-refractivity contribution >= 4 is 27.7 Å². The quantitative estimate of drug-likeness (QED) is 0.676. The van der Waals surface area contributed by atoms with Crippen LogP contribution in [0.25, 0.3) is 0 Å². The molecule has 0 saturated carbocycles. The zero-order valence-corrected chi connectivity index (χ0v) is 15.3. The lowest BCUT2D eigenvalue weighted by molar-refractivity contribution is 0.102. The second kappa shape index (κ2) is 7.61. The SMILES string of the molecule is CCc1ccc(Cn2nccc2NC(=O)c2cc(F)ccc2Br)cc1. The van der Waals surface area contributed by atoms with Gasteiger partial charge in [0, 0.05) is 10.5 Å². The Balaban J connectivity index is 1.77. The van der Waals surface area contributed by atoms with E-state index in [0.29, 0.717) is 16.8 Å². The third kappa shape index (κ3) is 4.14. The maximum absolute atomic E-state index is 13.4. The molecule has 3 aromatic rings. The predicted octanol–water partition coefficient (Wildman–Crippen LogP) is 4.65. The smallest absolute Gasteiger partial charge is 0.258 e. The van der Waals surface area contributed by atoms with E-state index in [-0.39, 0.29) is 5.56 Å².